The van der Waals surface area contributed by atoms with E-state index in [9.17, 15) is 14.0 Å². The Morgan fingerprint density at radius 3 is 2.64 bits per heavy atom. The number of carbonyl (C=O) groups excluding carboxylic acids is 2. The van der Waals surface area contributed by atoms with Crippen LogP contribution >= 0.6 is 11.3 Å². The van der Waals surface area contributed by atoms with Gasteiger partial charge in [0.1, 0.15) is 10.8 Å². The van der Waals surface area contributed by atoms with E-state index in [4.69, 9.17) is 4.74 Å². The van der Waals surface area contributed by atoms with Crippen molar-refractivity contribution in [2.24, 2.45) is 0 Å². The predicted octanol–water partition coefficient (Wildman–Crippen LogP) is 4.12. The molecule has 1 N–H and O–H groups in total. The van der Waals surface area contributed by atoms with Gasteiger partial charge in [-0.1, -0.05) is 12.1 Å². The molecule has 1 aliphatic rings. The van der Waals surface area contributed by atoms with Crippen molar-refractivity contribution in [3.8, 4) is 0 Å². The number of ether oxygens (including phenoxy) is 1. The van der Waals surface area contributed by atoms with Gasteiger partial charge in [-0.3, -0.25) is 4.79 Å². The zero-order chi connectivity index (χ0) is 18.0. The summed E-state index contributed by atoms with van der Waals surface area (Å²) in [5.74, 6) is -0.950. The van der Waals surface area contributed by atoms with Gasteiger partial charge in [-0.05, 0) is 56.4 Å². The van der Waals surface area contributed by atoms with Crippen LogP contribution in [0.25, 0.3) is 0 Å². The Hall–Kier alpha value is -2.21. The third-order valence-electron chi connectivity index (χ3n) is 4.00. The highest BCUT2D eigenvalue weighted by Crippen LogP contribution is 2.39. The molecule has 0 bridgehead atoms. The fourth-order valence-electron chi connectivity index (χ4n) is 2.94. The van der Waals surface area contributed by atoms with E-state index in [1.807, 2.05) is 0 Å². The van der Waals surface area contributed by atoms with Crippen LogP contribution in [0.5, 0.6) is 0 Å². The van der Waals surface area contributed by atoms with Gasteiger partial charge >= 0.3 is 5.97 Å². The number of anilines is 1. The molecule has 0 aliphatic heterocycles. The van der Waals surface area contributed by atoms with Gasteiger partial charge in [0.05, 0.1) is 18.1 Å². The second-order valence-electron chi connectivity index (χ2n) is 6.37. The van der Waals surface area contributed by atoms with E-state index in [1.54, 1.807) is 26.0 Å². The molecule has 1 amide bonds. The maximum Gasteiger partial charge on any atom is 0.341 e. The highest BCUT2D eigenvalue weighted by Gasteiger charge is 2.28. The molecule has 3 rings (SSSR count). The highest BCUT2D eigenvalue weighted by molar-refractivity contribution is 7.17. The lowest BCUT2D eigenvalue weighted by molar-refractivity contribution is -0.115. The fraction of sp³-hybridized carbons (Fsp3) is 0.368. The van der Waals surface area contributed by atoms with Gasteiger partial charge in [0, 0.05) is 4.88 Å². The summed E-state index contributed by atoms with van der Waals surface area (Å²) in [6.07, 6.45) is 2.69. The lowest BCUT2D eigenvalue weighted by atomic mass is 10.1. The van der Waals surface area contributed by atoms with E-state index in [0.717, 1.165) is 29.7 Å². The van der Waals surface area contributed by atoms with Gasteiger partial charge in [0.15, 0.2) is 0 Å². The summed E-state index contributed by atoms with van der Waals surface area (Å²) in [7, 11) is 0. The van der Waals surface area contributed by atoms with Crippen molar-refractivity contribution in [3.05, 3.63) is 51.7 Å². The molecule has 0 saturated heterocycles. The Labute approximate surface area is 150 Å². The molecule has 2 aromatic rings. The predicted molar refractivity (Wildman–Crippen MR) is 95.6 cm³/mol. The van der Waals surface area contributed by atoms with E-state index in [2.05, 4.69) is 5.32 Å². The number of hydrogen-bond donors (Lipinski definition) is 1. The third kappa shape index (κ3) is 4.07. The Balaban J connectivity index is 1.78. The first-order valence-corrected chi connectivity index (χ1v) is 9.15. The number of amides is 1. The van der Waals surface area contributed by atoms with Gasteiger partial charge < -0.3 is 10.1 Å². The van der Waals surface area contributed by atoms with Crippen molar-refractivity contribution in [2.75, 3.05) is 5.32 Å². The van der Waals surface area contributed by atoms with Gasteiger partial charge in [0.2, 0.25) is 5.91 Å². The minimum Gasteiger partial charge on any atom is -0.459 e. The summed E-state index contributed by atoms with van der Waals surface area (Å²) in [5, 5.41) is 3.40. The first-order valence-electron chi connectivity index (χ1n) is 8.34. The molecule has 6 heteroatoms. The maximum absolute atomic E-state index is 13.0. The van der Waals surface area contributed by atoms with Crippen LogP contribution < -0.4 is 5.32 Å². The number of benzene rings is 1. The summed E-state index contributed by atoms with van der Waals surface area (Å²) in [5.41, 5.74) is 2.22. The second-order valence-corrected chi connectivity index (χ2v) is 7.47. The number of halogens is 1. The number of nitrogens with one attached hydrogen (secondary N) is 1. The summed E-state index contributed by atoms with van der Waals surface area (Å²) in [4.78, 5) is 26.0. The average molecular weight is 361 g/mol. The molecule has 4 nitrogen and oxygen atoms in total. The normalized spacial score (nSPS) is 13.0. The first-order chi connectivity index (χ1) is 11.9. The fourth-order valence-corrected chi connectivity index (χ4v) is 4.23. The molecule has 0 radical (unpaired) electrons. The Bertz CT molecular complexity index is 796. The van der Waals surface area contributed by atoms with Crippen LogP contribution in [0.4, 0.5) is 9.39 Å². The Morgan fingerprint density at radius 1 is 1.24 bits per heavy atom. The van der Waals surface area contributed by atoms with E-state index in [1.165, 1.54) is 23.5 Å². The summed E-state index contributed by atoms with van der Waals surface area (Å²) in [6.45, 7) is 3.61. The monoisotopic (exact) mass is 361 g/mol. The SMILES string of the molecule is CC(C)OC(=O)c1c(NC(=O)Cc2ccc(F)cc2)sc2c1CCC2. The number of carbonyl (C=O) groups is 2. The lowest BCUT2D eigenvalue weighted by Gasteiger charge is -2.11. The van der Waals surface area contributed by atoms with Crippen LogP contribution in [0.1, 0.15) is 46.6 Å². The summed E-state index contributed by atoms with van der Waals surface area (Å²) >= 11 is 1.45. The van der Waals surface area contributed by atoms with Gasteiger partial charge in [-0.2, -0.15) is 0 Å². The van der Waals surface area contributed by atoms with Gasteiger partial charge in [0.25, 0.3) is 0 Å². The van der Waals surface area contributed by atoms with Crippen LogP contribution in [0, 0.1) is 5.82 Å². The molecule has 0 fully saturated rings. The van der Waals surface area contributed by atoms with E-state index >= 15 is 0 Å². The summed E-state index contributed by atoms with van der Waals surface area (Å²) in [6, 6.07) is 5.82. The van der Waals surface area contributed by atoms with Crippen molar-refractivity contribution in [1.29, 1.82) is 0 Å². The third-order valence-corrected chi connectivity index (χ3v) is 5.21. The average Bonchev–Trinajstić information content (AvgIpc) is 3.09. The number of fused-ring (bicyclic) bond motifs is 1. The van der Waals surface area contributed by atoms with Crippen LogP contribution in [-0.4, -0.2) is 18.0 Å². The molecule has 1 aromatic carbocycles. The lowest BCUT2D eigenvalue weighted by Crippen LogP contribution is -2.18. The standard InChI is InChI=1S/C19H20FNO3S/c1-11(2)24-19(23)17-14-4-3-5-15(14)25-18(17)21-16(22)10-12-6-8-13(20)9-7-12/h6-9,11H,3-5,10H2,1-2H3,(H,21,22). The van der Waals surface area contributed by atoms with Crippen LogP contribution in [0.2, 0.25) is 0 Å². The summed E-state index contributed by atoms with van der Waals surface area (Å²) < 4.78 is 18.3. The van der Waals surface area contributed by atoms with Crippen LogP contribution in [0.15, 0.2) is 24.3 Å². The molecule has 132 valence electrons. The number of hydrogen-bond acceptors (Lipinski definition) is 4. The zero-order valence-electron chi connectivity index (χ0n) is 14.2. The highest BCUT2D eigenvalue weighted by atomic mass is 32.1. The van der Waals surface area contributed by atoms with Crippen molar-refractivity contribution >= 4 is 28.2 Å². The molecule has 0 saturated carbocycles. The number of esters is 1. The number of aryl methyl sites for hydroxylation is 1. The molecule has 0 unspecified atom stereocenters. The maximum atomic E-state index is 13.0. The molecular formula is C19H20FNO3S. The van der Waals surface area contributed by atoms with Crippen LogP contribution in [0.3, 0.4) is 0 Å². The quantitative estimate of drug-likeness (QED) is 0.815. The molecule has 0 atom stereocenters. The van der Waals surface area contributed by atoms with E-state index < -0.39 is 0 Å². The molecular weight excluding hydrogens is 341 g/mol. The van der Waals surface area contributed by atoms with Crippen molar-refractivity contribution in [3.63, 3.8) is 0 Å². The topological polar surface area (TPSA) is 55.4 Å². The van der Waals surface area contributed by atoms with Crippen molar-refractivity contribution < 1.29 is 18.7 Å². The number of rotatable bonds is 5. The van der Waals surface area contributed by atoms with Crippen LogP contribution in [-0.2, 0) is 28.8 Å². The first kappa shape index (κ1) is 17.6. The van der Waals surface area contributed by atoms with Crippen molar-refractivity contribution in [2.45, 2.75) is 45.6 Å². The smallest absolute Gasteiger partial charge is 0.341 e. The minimum absolute atomic E-state index is 0.127. The van der Waals surface area contributed by atoms with Crippen molar-refractivity contribution in [1.82, 2.24) is 0 Å². The van der Waals surface area contributed by atoms with E-state index in [0.29, 0.717) is 16.1 Å². The molecule has 1 aromatic heterocycles. The number of thiophene rings is 1. The second kappa shape index (κ2) is 7.35. The Morgan fingerprint density at radius 2 is 1.96 bits per heavy atom. The van der Waals surface area contributed by atoms with E-state index in [-0.39, 0.29) is 30.2 Å². The molecule has 1 heterocycles. The largest absolute Gasteiger partial charge is 0.459 e. The molecule has 1 aliphatic carbocycles. The molecule has 0 spiro atoms. The van der Waals surface area contributed by atoms with Gasteiger partial charge in [-0.25, -0.2) is 9.18 Å². The minimum atomic E-state index is -0.383. The Kier molecular flexibility index (Phi) is 5.18. The zero-order valence-corrected chi connectivity index (χ0v) is 15.0. The molecule has 25 heavy (non-hydrogen) atoms. The van der Waals surface area contributed by atoms with Gasteiger partial charge in [-0.15, -0.1) is 11.3 Å².